The number of nitrogens with zero attached hydrogens (tertiary/aromatic N) is 5. The lowest BCUT2D eigenvalue weighted by Gasteiger charge is -2.38. The number of esters is 10. The second-order valence-electron chi connectivity index (χ2n) is 32.4. The minimum absolute atomic E-state index is 0.0401. The molecule has 7 unspecified atom stereocenters. The Morgan fingerprint density at radius 2 is 0.475 bits per heavy atom. The van der Waals surface area contributed by atoms with E-state index in [-0.39, 0.29) is 195 Å². The van der Waals surface area contributed by atoms with E-state index in [1.807, 2.05) is 53.4 Å². The molecule has 0 spiro atoms. The van der Waals surface area contributed by atoms with Crippen LogP contribution in [-0.4, -0.2) is 274 Å². The minimum atomic E-state index is -0.423. The molecule has 688 valence electrons. The van der Waals surface area contributed by atoms with Gasteiger partial charge in [0.05, 0.1) is 140 Å². The van der Waals surface area contributed by atoms with Gasteiger partial charge >= 0.3 is 59.7 Å². The molecule has 0 aromatic rings. The van der Waals surface area contributed by atoms with Crippen LogP contribution in [-0.2, 0) is 105 Å². The highest BCUT2D eigenvalue weighted by molar-refractivity contribution is 5.74. The molecule has 27 heteroatoms. The Labute approximate surface area is 712 Å². The zero-order chi connectivity index (χ0) is 87.0. The summed E-state index contributed by atoms with van der Waals surface area (Å²) in [4.78, 5) is 141. The van der Waals surface area contributed by atoms with E-state index in [9.17, 15) is 47.9 Å². The number of carbonyl (C=O) groups is 10. The fraction of sp³-hybridized carbons (Fsp3) is 0.890. The Hall–Kier alpha value is -5.58. The quantitative estimate of drug-likeness (QED) is 0.0310. The fourth-order valence-corrected chi connectivity index (χ4v) is 13.5. The SMILES string of the molecule is CCCCCC(C)C(=O)OCCCCOC(=O)CCN(CCC(=O)OCCCCOC(=O)C(C)CCCCC)CC(CN(CCC(=O)OCCCCOC(=O)C(C)CCCCC)CCN1CCN(CC(CN(CCC(=O)OCCCCOC(=O)C(C)CCCCC)CCC(=O)OCCCCOC(=O)C(C)CCCCC)OCC)CC1)OCC. The molecule has 1 heterocycles. The van der Waals surface area contributed by atoms with Crippen LogP contribution in [0.2, 0.25) is 0 Å². The summed E-state index contributed by atoms with van der Waals surface area (Å²) in [6.07, 6.45) is 24.8. The lowest BCUT2D eigenvalue weighted by Crippen LogP contribution is -2.52. The zero-order valence-electron chi connectivity index (χ0n) is 76.1. The molecule has 1 fully saturated rings. The maximum Gasteiger partial charge on any atom is 0.308 e. The Bertz CT molecular complexity index is 2470. The maximum atomic E-state index is 13.6. The summed E-state index contributed by atoms with van der Waals surface area (Å²) in [5, 5.41) is 0. The maximum absolute atomic E-state index is 13.6. The standard InChI is InChI=1S/C91H167N5O22/c1-13-20-25-40-75(8)87(102)114-66-35-30-61-109-82(97)45-50-93(51-46-83(98)110-62-31-36-67-115-88(103)76(9)41-26-21-14-2)71-80(107-18-6)73-95(54-49-86(101)113-65-34-39-70-118-91(106)79(12)44-29-24-17-5)58-55-92-56-59-96(60-57-92)74-81(108-19-7)72-94(52-47-84(99)111-63-32-37-68-116-89(104)77(10)42-27-22-15-3)53-48-85(100)112-64-33-38-69-117-90(105)78(11)43-28-23-16-4/h75-81H,13-74H2,1-12H3. The van der Waals surface area contributed by atoms with Gasteiger partial charge in [0.2, 0.25) is 0 Å². The van der Waals surface area contributed by atoms with Crippen LogP contribution in [0.4, 0.5) is 0 Å². The number of rotatable bonds is 80. The molecule has 0 N–H and O–H groups in total. The zero-order valence-corrected chi connectivity index (χ0v) is 76.1. The smallest absolute Gasteiger partial charge is 0.308 e. The molecule has 0 aromatic heterocycles. The van der Waals surface area contributed by atoms with E-state index in [0.717, 1.165) is 155 Å². The molecule has 7 atom stereocenters. The van der Waals surface area contributed by atoms with Crippen molar-refractivity contribution in [1.29, 1.82) is 0 Å². The number of hydrogen-bond acceptors (Lipinski definition) is 27. The third kappa shape index (κ3) is 61.7. The van der Waals surface area contributed by atoms with Gasteiger partial charge in [-0.2, -0.15) is 0 Å². The number of piperazine rings is 1. The number of unbranched alkanes of at least 4 members (excludes halogenated alkanes) is 15. The lowest BCUT2D eigenvalue weighted by atomic mass is 10.0. The van der Waals surface area contributed by atoms with Crippen molar-refractivity contribution in [2.24, 2.45) is 29.6 Å². The van der Waals surface area contributed by atoms with Gasteiger partial charge in [-0.15, -0.1) is 0 Å². The van der Waals surface area contributed by atoms with E-state index in [2.05, 4.69) is 54.2 Å². The lowest BCUT2D eigenvalue weighted by molar-refractivity contribution is -0.149. The first-order chi connectivity index (χ1) is 57.0. The summed E-state index contributed by atoms with van der Waals surface area (Å²) in [5.41, 5.74) is 0. The Morgan fingerprint density at radius 1 is 0.263 bits per heavy atom. The highest BCUT2D eigenvalue weighted by atomic mass is 16.6. The van der Waals surface area contributed by atoms with Crippen LogP contribution in [0.25, 0.3) is 0 Å². The summed E-state index contributed by atoms with van der Waals surface area (Å²) >= 11 is 0. The van der Waals surface area contributed by atoms with Crippen molar-refractivity contribution in [3.8, 4) is 0 Å². The molecule has 0 bridgehead atoms. The summed E-state index contributed by atoms with van der Waals surface area (Å²) in [6.45, 7) is 34.5. The van der Waals surface area contributed by atoms with Gasteiger partial charge in [0.25, 0.3) is 0 Å². The molecule has 0 amide bonds. The van der Waals surface area contributed by atoms with Crippen molar-refractivity contribution in [2.75, 3.05) is 177 Å². The van der Waals surface area contributed by atoms with E-state index in [0.29, 0.717) is 136 Å². The van der Waals surface area contributed by atoms with Gasteiger partial charge in [0.1, 0.15) is 0 Å². The van der Waals surface area contributed by atoms with Crippen molar-refractivity contribution in [2.45, 2.75) is 320 Å². The number of carbonyl (C=O) groups excluding carboxylic acids is 10. The van der Waals surface area contributed by atoms with Gasteiger partial charge in [-0.3, -0.25) is 72.4 Å². The summed E-state index contributed by atoms with van der Waals surface area (Å²) in [6, 6.07) is 0. The molecule has 1 aliphatic rings. The van der Waals surface area contributed by atoms with E-state index < -0.39 is 18.0 Å². The molecular formula is C91H167N5O22. The van der Waals surface area contributed by atoms with Gasteiger partial charge in [-0.05, 0) is 110 Å². The molecule has 27 nitrogen and oxygen atoms in total. The Morgan fingerprint density at radius 3 is 0.712 bits per heavy atom. The van der Waals surface area contributed by atoms with Crippen LogP contribution in [0.5, 0.6) is 0 Å². The summed E-state index contributed by atoms with van der Waals surface area (Å²) in [7, 11) is 0. The van der Waals surface area contributed by atoms with Gasteiger partial charge in [-0.25, -0.2) is 0 Å². The Kier molecular flexibility index (Phi) is 70.4. The van der Waals surface area contributed by atoms with Crippen molar-refractivity contribution >= 4 is 59.7 Å². The van der Waals surface area contributed by atoms with E-state index >= 15 is 0 Å². The van der Waals surface area contributed by atoms with E-state index in [1.54, 1.807) is 0 Å². The molecule has 0 radical (unpaired) electrons. The predicted molar refractivity (Wildman–Crippen MR) is 458 cm³/mol. The molecule has 118 heavy (non-hydrogen) atoms. The van der Waals surface area contributed by atoms with Crippen molar-refractivity contribution < 1.29 is 105 Å². The van der Waals surface area contributed by atoms with Gasteiger partial charge < -0.3 is 56.8 Å². The molecule has 1 rings (SSSR count). The first kappa shape index (κ1) is 110. The van der Waals surface area contributed by atoms with Crippen LogP contribution in [0.1, 0.15) is 308 Å². The molecule has 0 saturated carbocycles. The highest BCUT2D eigenvalue weighted by Crippen LogP contribution is 2.19. The van der Waals surface area contributed by atoms with Crippen molar-refractivity contribution in [3.05, 3.63) is 0 Å². The molecule has 0 aliphatic carbocycles. The fourth-order valence-electron chi connectivity index (χ4n) is 13.5. The average molecular weight is 1680 g/mol. The Balaban J connectivity index is 3.34. The summed E-state index contributed by atoms with van der Waals surface area (Å²) in [5.74, 6) is -3.74. The third-order valence-electron chi connectivity index (χ3n) is 21.5. The third-order valence-corrected chi connectivity index (χ3v) is 21.5. The molecular weight excluding hydrogens is 1520 g/mol. The van der Waals surface area contributed by atoms with E-state index in [1.165, 1.54) is 0 Å². The van der Waals surface area contributed by atoms with Crippen LogP contribution in [0.3, 0.4) is 0 Å². The minimum Gasteiger partial charge on any atom is -0.466 e. The number of hydrogen-bond donors (Lipinski definition) is 0. The predicted octanol–water partition coefficient (Wildman–Crippen LogP) is 14.7. The topological polar surface area (TPSA) is 298 Å². The normalized spacial score (nSPS) is 14.4. The van der Waals surface area contributed by atoms with Gasteiger partial charge in [0.15, 0.2) is 0 Å². The average Bonchev–Trinajstić information content (AvgIpc) is 0.880. The molecule has 1 aliphatic heterocycles. The molecule has 0 aromatic carbocycles. The first-order valence-electron chi connectivity index (χ1n) is 46.5. The van der Waals surface area contributed by atoms with Gasteiger partial charge in [0, 0.05) is 111 Å². The van der Waals surface area contributed by atoms with Crippen molar-refractivity contribution in [3.63, 3.8) is 0 Å². The largest absolute Gasteiger partial charge is 0.466 e. The first-order valence-corrected chi connectivity index (χ1v) is 46.5. The van der Waals surface area contributed by atoms with E-state index in [4.69, 9.17) is 56.8 Å². The molecule has 1 saturated heterocycles. The monoisotopic (exact) mass is 1680 g/mol. The van der Waals surface area contributed by atoms with Crippen LogP contribution in [0.15, 0.2) is 0 Å². The second-order valence-corrected chi connectivity index (χ2v) is 32.4. The van der Waals surface area contributed by atoms with Crippen LogP contribution in [0, 0.1) is 29.6 Å². The van der Waals surface area contributed by atoms with Crippen molar-refractivity contribution in [1.82, 2.24) is 24.5 Å². The summed E-state index contributed by atoms with van der Waals surface area (Å²) < 4.78 is 68.8. The number of ether oxygens (including phenoxy) is 12. The second kappa shape index (κ2) is 75.2. The van der Waals surface area contributed by atoms with Crippen LogP contribution < -0.4 is 0 Å². The van der Waals surface area contributed by atoms with Gasteiger partial charge in [-0.1, -0.05) is 166 Å². The van der Waals surface area contributed by atoms with Crippen LogP contribution >= 0.6 is 0 Å². The highest BCUT2D eigenvalue weighted by Gasteiger charge is 2.28.